The van der Waals surface area contributed by atoms with Crippen molar-refractivity contribution in [1.82, 2.24) is 0 Å². The van der Waals surface area contributed by atoms with Crippen molar-refractivity contribution in [3.63, 3.8) is 0 Å². The van der Waals surface area contributed by atoms with Gasteiger partial charge in [0, 0.05) is 15.6 Å². The molecule has 0 saturated heterocycles. The number of hydrogen-bond donors (Lipinski definition) is 0. The van der Waals surface area contributed by atoms with E-state index < -0.39 is 0 Å². The van der Waals surface area contributed by atoms with Crippen LogP contribution in [0.3, 0.4) is 0 Å². The molecule has 0 aromatic heterocycles. The molecule has 0 saturated carbocycles. The molecular formula is C18H18ClIO3. The molecule has 23 heavy (non-hydrogen) atoms. The van der Waals surface area contributed by atoms with Gasteiger partial charge < -0.3 is 9.47 Å². The number of carbonyl (C=O) groups excluding carboxylic acids is 1. The fraction of sp³-hybridized carbons (Fsp3) is 0.278. The summed E-state index contributed by atoms with van der Waals surface area (Å²) >= 11 is 8.45. The fourth-order valence-electron chi connectivity index (χ4n) is 2.00. The molecule has 0 amide bonds. The number of halogens is 2. The molecule has 0 fully saturated rings. The third kappa shape index (κ3) is 4.85. The minimum atomic E-state index is -0.265. The van der Waals surface area contributed by atoms with Crippen molar-refractivity contribution in [3.8, 4) is 11.5 Å². The molecule has 2 rings (SSSR count). The highest BCUT2D eigenvalue weighted by atomic mass is 127. The average molecular weight is 445 g/mol. The van der Waals surface area contributed by atoms with Crippen LogP contribution in [0.1, 0.15) is 31.4 Å². The number of ether oxygens (including phenoxy) is 2. The largest absolute Gasteiger partial charge is 0.487 e. The van der Waals surface area contributed by atoms with Crippen LogP contribution in [0.2, 0.25) is 5.02 Å². The van der Waals surface area contributed by atoms with Gasteiger partial charge in [0.2, 0.25) is 0 Å². The van der Waals surface area contributed by atoms with Gasteiger partial charge in [-0.15, -0.1) is 0 Å². The van der Waals surface area contributed by atoms with Gasteiger partial charge in [-0.25, -0.2) is 0 Å². The predicted octanol–water partition coefficient (Wildman–Crippen LogP) is 5.40. The number of benzene rings is 2. The van der Waals surface area contributed by atoms with E-state index >= 15 is 0 Å². The number of esters is 1. The first-order valence-electron chi connectivity index (χ1n) is 7.44. The first-order valence-corrected chi connectivity index (χ1v) is 8.90. The highest BCUT2D eigenvalue weighted by molar-refractivity contribution is 14.1. The Kier molecular flexibility index (Phi) is 6.72. The van der Waals surface area contributed by atoms with Crippen LogP contribution in [-0.4, -0.2) is 5.97 Å². The van der Waals surface area contributed by atoms with E-state index in [4.69, 9.17) is 21.1 Å². The van der Waals surface area contributed by atoms with E-state index in [1.807, 2.05) is 30.3 Å². The SMILES string of the molecule is CCC(=O)Oc1cccc(I)c1COc1ccc(CC)cc1Cl. The van der Waals surface area contributed by atoms with Crippen LogP contribution in [0.25, 0.3) is 0 Å². The zero-order valence-electron chi connectivity index (χ0n) is 13.1. The van der Waals surface area contributed by atoms with Gasteiger partial charge in [-0.1, -0.05) is 37.6 Å². The Morgan fingerprint density at radius 1 is 1.17 bits per heavy atom. The lowest BCUT2D eigenvalue weighted by Crippen LogP contribution is -2.09. The number of aryl methyl sites for hydroxylation is 1. The standard InChI is InChI=1S/C18H18ClIO3/c1-3-12-8-9-17(14(19)10-12)22-11-13-15(20)6-5-7-16(13)23-18(21)4-2/h5-10H,3-4,11H2,1-2H3. The van der Waals surface area contributed by atoms with Gasteiger partial charge in [-0.3, -0.25) is 4.79 Å². The first-order chi connectivity index (χ1) is 11.0. The monoisotopic (exact) mass is 444 g/mol. The molecular weight excluding hydrogens is 427 g/mol. The second kappa shape index (κ2) is 8.55. The van der Waals surface area contributed by atoms with E-state index in [2.05, 4.69) is 29.5 Å². The zero-order chi connectivity index (χ0) is 16.8. The molecule has 0 unspecified atom stereocenters. The molecule has 0 N–H and O–H groups in total. The summed E-state index contributed by atoms with van der Waals surface area (Å²) in [6.45, 7) is 4.13. The predicted molar refractivity (Wildman–Crippen MR) is 100 cm³/mol. The van der Waals surface area contributed by atoms with E-state index in [0.29, 0.717) is 22.9 Å². The third-order valence-electron chi connectivity index (χ3n) is 3.36. The summed E-state index contributed by atoms with van der Waals surface area (Å²) < 4.78 is 12.2. The number of hydrogen-bond acceptors (Lipinski definition) is 3. The second-order valence-electron chi connectivity index (χ2n) is 4.95. The molecule has 0 radical (unpaired) electrons. The van der Waals surface area contributed by atoms with Gasteiger partial charge in [-0.2, -0.15) is 0 Å². The third-order valence-corrected chi connectivity index (χ3v) is 4.67. The Morgan fingerprint density at radius 3 is 2.61 bits per heavy atom. The van der Waals surface area contributed by atoms with Crippen LogP contribution in [0, 0.1) is 3.57 Å². The summed E-state index contributed by atoms with van der Waals surface area (Å²) in [5.41, 5.74) is 2.00. The average Bonchev–Trinajstić information content (AvgIpc) is 2.55. The van der Waals surface area contributed by atoms with Crippen LogP contribution < -0.4 is 9.47 Å². The molecule has 5 heteroatoms. The quantitative estimate of drug-likeness (QED) is 0.340. The van der Waals surface area contributed by atoms with E-state index in [1.54, 1.807) is 13.0 Å². The minimum Gasteiger partial charge on any atom is -0.487 e. The molecule has 0 aliphatic carbocycles. The van der Waals surface area contributed by atoms with Crippen molar-refractivity contribution in [1.29, 1.82) is 0 Å². The number of carbonyl (C=O) groups is 1. The van der Waals surface area contributed by atoms with E-state index in [9.17, 15) is 4.79 Å². The molecule has 0 aliphatic heterocycles. The molecule has 0 atom stereocenters. The Hall–Kier alpha value is -1.27. The summed E-state index contributed by atoms with van der Waals surface area (Å²) in [6.07, 6.45) is 1.25. The van der Waals surface area contributed by atoms with Gasteiger partial charge in [0.25, 0.3) is 0 Å². The molecule has 0 spiro atoms. The topological polar surface area (TPSA) is 35.5 Å². The molecule has 0 heterocycles. The van der Waals surface area contributed by atoms with Crippen LogP contribution in [0.4, 0.5) is 0 Å². The Balaban J connectivity index is 2.18. The summed E-state index contributed by atoms with van der Waals surface area (Å²) in [7, 11) is 0. The highest BCUT2D eigenvalue weighted by Gasteiger charge is 2.13. The van der Waals surface area contributed by atoms with Gasteiger partial charge in [0.1, 0.15) is 18.1 Å². The summed E-state index contributed by atoms with van der Waals surface area (Å²) in [5.74, 6) is 0.889. The molecule has 2 aromatic rings. The smallest absolute Gasteiger partial charge is 0.310 e. The minimum absolute atomic E-state index is 0.265. The normalized spacial score (nSPS) is 10.4. The maximum absolute atomic E-state index is 11.6. The van der Waals surface area contributed by atoms with Gasteiger partial charge in [0.15, 0.2) is 0 Å². The molecule has 2 aromatic carbocycles. The molecule has 3 nitrogen and oxygen atoms in total. The first kappa shape index (κ1) is 18.1. The summed E-state index contributed by atoms with van der Waals surface area (Å²) in [4.78, 5) is 11.6. The van der Waals surface area contributed by atoms with Gasteiger partial charge in [-0.05, 0) is 58.8 Å². The Bertz CT molecular complexity index is 701. The van der Waals surface area contributed by atoms with E-state index in [0.717, 1.165) is 21.1 Å². The van der Waals surface area contributed by atoms with Crippen molar-refractivity contribution in [3.05, 3.63) is 56.1 Å². The van der Waals surface area contributed by atoms with Crippen molar-refractivity contribution in [2.75, 3.05) is 0 Å². The van der Waals surface area contributed by atoms with Crippen molar-refractivity contribution < 1.29 is 14.3 Å². The zero-order valence-corrected chi connectivity index (χ0v) is 16.0. The maximum Gasteiger partial charge on any atom is 0.310 e. The molecule has 0 aliphatic rings. The van der Waals surface area contributed by atoms with Crippen molar-refractivity contribution in [2.45, 2.75) is 33.3 Å². The lowest BCUT2D eigenvalue weighted by Gasteiger charge is -2.14. The van der Waals surface area contributed by atoms with Gasteiger partial charge >= 0.3 is 5.97 Å². The van der Waals surface area contributed by atoms with Crippen molar-refractivity contribution >= 4 is 40.2 Å². The highest BCUT2D eigenvalue weighted by Crippen LogP contribution is 2.30. The lowest BCUT2D eigenvalue weighted by atomic mass is 10.1. The van der Waals surface area contributed by atoms with Gasteiger partial charge in [0.05, 0.1) is 5.02 Å². The maximum atomic E-state index is 11.6. The van der Waals surface area contributed by atoms with Crippen LogP contribution in [-0.2, 0) is 17.8 Å². The summed E-state index contributed by atoms with van der Waals surface area (Å²) in [5, 5.41) is 0.586. The second-order valence-corrected chi connectivity index (χ2v) is 6.52. The van der Waals surface area contributed by atoms with Crippen molar-refractivity contribution in [2.24, 2.45) is 0 Å². The van der Waals surface area contributed by atoms with Crippen LogP contribution in [0.5, 0.6) is 11.5 Å². The molecule has 122 valence electrons. The summed E-state index contributed by atoms with van der Waals surface area (Å²) in [6, 6.07) is 11.3. The number of rotatable bonds is 6. The fourth-order valence-corrected chi connectivity index (χ4v) is 2.89. The Morgan fingerprint density at radius 2 is 1.96 bits per heavy atom. The Labute approximate surface area is 155 Å². The van der Waals surface area contributed by atoms with E-state index in [-0.39, 0.29) is 12.6 Å². The molecule has 0 bridgehead atoms. The van der Waals surface area contributed by atoms with Crippen LogP contribution in [0.15, 0.2) is 36.4 Å². The lowest BCUT2D eigenvalue weighted by molar-refractivity contribution is -0.134. The van der Waals surface area contributed by atoms with E-state index in [1.165, 1.54) is 0 Å². The van der Waals surface area contributed by atoms with Crippen LogP contribution >= 0.6 is 34.2 Å².